The molecule has 0 spiro atoms. The quantitative estimate of drug-likeness (QED) is 0.275. The number of carboxylic acids is 1. The molecule has 0 radical (unpaired) electrons. The van der Waals surface area contributed by atoms with E-state index in [2.05, 4.69) is 10.6 Å². The van der Waals surface area contributed by atoms with Gasteiger partial charge in [0.2, 0.25) is 17.7 Å². The van der Waals surface area contributed by atoms with Crippen molar-refractivity contribution in [2.45, 2.75) is 44.2 Å². The first-order valence-corrected chi connectivity index (χ1v) is 8.39. The predicted molar refractivity (Wildman–Crippen MR) is 89.3 cm³/mol. The average molecular weight is 357 g/mol. The van der Waals surface area contributed by atoms with Crippen LogP contribution < -0.4 is 22.1 Å². The van der Waals surface area contributed by atoms with E-state index >= 15 is 0 Å². The molecular formula is C15H27N5O5. The summed E-state index contributed by atoms with van der Waals surface area (Å²) < 4.78 is 0. The van der Waals surface area contributed by atoms with Crippen LogP contribution in [0.5, 0.6) is 0 Å². The van der Waals surface area contributed by atoms with Crippen molar-refractivity contribution in [1.29, 1.82) is 0 Å². The van der Waals surface area contributed by atoms with Gasteiger partial charge in [-0.15, -0.1) is 0 Å². The standard InChI is InChI=1S/C15H27N5O5/c16-6-2-1-4-10(17)15(25)20-7-3-5-11(20)14(24)19-8-12(21)18-9-13(22)23/h10-11H,1-9,16-17H2,(H,18,21)(H,19,24)(H,22,23). The van der Waals surface area contributed by atoms with Crippen molar-refractivity contribution in [2.24, 2.45) is 11.5 Å². The summed E-state index contributed by atoms with van der Waals surface area (Å²) in [6.45, 7) is 0.139. The Balaban J connectivity index is 2.47. The van der Waals surface area contributed by atoms with Gasteiger partial charge < -0.3 is 32.1 Å². The van der Waals surface area contributed by atoms with Crippen LogP contribution in [-0.4, -0.2) is 72.0 Å². The van der Waals surface area contributed by atoms with Gasteiger partial charge in [-0.05, 0) is 32.2 Å². The first kappa shape index (κ1) is 20.8. The average Bonchev–Trinajstić information content (AvgIpc) is 3.06. The van der Waals surface area contributed by atoms with Crippen molar-refractivity contribution in [3.8, 4) is 0 Å². The maximum absolute atomic E-state index is 12.4. The molecule has 1 heterocycles. The molecule has 2 unspecified atom stereocenters. The summed E-state index contributed by atoms with van der Waals surface area (Å²) in [4.78, 5) is 47.9. The van der Waals surface area contributed by atoms with Crippen molar-refractivity contribution in [3.05, 3.63) is 0 Å². The summed E-state index contributed by atoms with van der Waals surface area (Å²) >= 11 is 0. The van der Waals surface area contributed by atoms with Crippen LogP contribution in [0.25, 0.3) is 0 Å². The van der Waals surface area contributed by atoms with Crippen LogP contribution >= 0.6 is 0 Å². The fraction of sp³-hybridized carbons (Fsp3) is 0.733. The summed E-state index contributed by atoms with van der Waals surface area (Å²) in [6, 6.07) is -1.32. The first-order chi connectivity index (χ1) is 11.9. The van der Waals surface area contributed by atoms with Gasteiger partial charge in [0.15, 0.2) is 0 Å². The molecule has 10 nitrogen and oxygen atoms in total. The molecule has 1 aliphatic heterocycles. The summed E-state index contributed by atoms with van der Waals surface area (Å²) in [6.07, 6.45) is 3.24. The summed E-state index contributed by atoms with van der Waals surface area (Å²) in [5.41, 5.74) is 11.3. The van der Waals surface area contributed by atoms with E-state index in [0.717, 1.165) is 12.8 Å². The Morgan fingerprint density at radius 1 is 1.16 bits per heavy atom. The Labute approximate surface area is 146 Å². The molecule has 0 aromatic heterocycles. The largest absolute Gasteiger partial charge is 0.480 e. The topological polar surface area (TPSA) is 168 Å². The Kier molecular flexibility index (Phi) is 8.86. The van der Waals surface area contributed by atoms with E-state index in [1.807, 2.05) is 0 Å². The van der Waals surface area contributed by atoms with Crippen molar-refractivity contribution in [1.82, 2.24) is 15.5 Å². The number of carbonyl (C=O) groups excluding carboxylic acids is 3. The second-order valence-corrected chi connectivity index (χ2v) is 5.97. The molecule has 3 amide bonds. The van der Waals surface area contributed by atoms with E-state index < -0.39 is 36.4 Å². The monoisotopic (exact) mass is 357 g/mol. The van der Waals surface area contributed by atoms with Crippen LogP contribution in [0, 0.1) is 0 Å². The fourth-order valence-corrected chi connectivity index (χ4v) is 2.67. The normalized spacial score (nSPS) is 17.8. The second kappa shape index (κ2) is 10.6. The van der Waals surface area contributed by atoms with Crippen LogP contribution in [0.15, 0.2) is 0 Å². The molecule has 1 rings (SSSR count). The minimum atomic E-state index is -1.17. The number of carboxylic acid groups (broad SMARTS) is 1. The number of rotatable bonds is 10. The predicted octanol–water partition coefficient (Wildman–Crippen LogP) is -2.25. The van der Waals surface area contributed by atoms with Crippen LogP contribution in [0.2, 0.25) is 0 Å². The highest BCUT2D eigenvalue weighted by molar-refractivity contribution is 5.92. The molecule has 25 heavy (non-hydrogen) atoms. The van der Waals surface area contributed by atoms with Gasteiger partial charge >= 0.3 is 5.97 Å². The molecule has 1 aliphatic rings. The number of aliphatic carboxylic acids is 1. The Morgan fingerprint density at radius 3 is 2.52 bits per heavy atom. The first-order valence-electron chi connectivity index (χ1n) is 8.39. The van der Waals surface area contributed by atoms with Crippen molar-refractivity contribution in [3.63, 3.8) is 0 Å². The van der Waals surface area contributed by atoms with Crippen molar-refractivity contribution >= 4 is 23.7 Å². The van der Waals surface area contributed by atoms with Crippen molar-refractivity contribution < 1.29 is 24.3 Å². The molecule has 7 N–H and O–H groups in total. The molecule has 10 heteroatoms. The van der Waals surface area contributed by atoms with E-state index in [9.17, 15) is 19.2 Å². The summed E-state index contributed by atoms with van der Waals surface area (Å²) in [5.74, 6) is -2.49. The van der Waals surface area contributed by atoms with Gasteiger partial charge in [0.05, 0.1) is 12.6 Å². The number of hydrogen-bond acceptors (Lipinski definition) is 6. The number of nitrogens with one attached hydrogen (secondary N) is 2. The zero-order valence-corrected chi connectivity index (χ0v) is 14.2. The number of amides is 3. The highest BCUT2D eigenvalue weighted by atomic mass is 16.4. The molecule has 0 aromatic carbocycles. The lowest BCUT2D eigenvalue weighted by Gasteiger charge is -2.26. The minimum absolute atomic E-state index is 0.273. The third-order valence-corrected chi connectivity index (χ3v) is 3.98. The van der Waals surface area contributed by atoms with E-state index in [0.29, 0.717) is 32.4 Å². The molecule has 142 valence electrons. The number of nitrogens with zero attached hydrogens (tertiary/aromatic N) is 1. The Hall–Kier alpha value is -2.20. The van der Waals surface area contributed by atoms with Gasteiger partial charge in [0.1, 0.15) is 12.6 Å². The maximum atomic E-state index is 12.4. The SMILES string of the molecule is NCCCCC(N)C(=O)N1CCCC1C(=O)NCC(=O)NCC(=O)O. The van der Waals surface area contributed by atoms with Crippen LogP contribution in [0.1, 0.15) is 32.1 Å². The molecule has 0 aromatic rings. The number of unbranched alkanes of at least 4 members (excludes halogenated alkanes) is 1. The van der Waals surface area contributed by atoms with E-state index in [1.165, 1.54) is 4.90 Å². The van der Waals surface area contributed by atoms with E-state index in [1.54, 1.807) is 0 Å². The maximum Gasteiger partial charge on any atom is 0.322 e. The zero-order valence-electron chi connectivity index (χ0n) is 14.2. The number of nitrogens with two attached hydrogens (primary N) is 2. The fourth-order valence-electron chi connectivity index (χ4n) is 2.67. The minimum Gasteiger partial charge on any atom is -0.480 e. The van der Waals surface area contributed by atoms with Gasteiger partial charge in [0, 0.05) is 6.54 Å². The van der Waals surface area contributed by atoms with Crippen LogP contribution in [0.4, 0.5) is 0 Å². The molecule has 0 aliphatic carbocycles. The smallest absolute Gasteiger partial charge is 0.322 e. The Morgan fingerprint density at radius 2 is 1.88 bits per heavy atom. The van der Waals surface area contributed by atoms with Gasteiger partial charge in [-0.25, -0.2) is 0 Å². The number of hydrogen-bond donors (Lipinski definition) is 5. The second-order valence-electron chi connectivity index (χ2n) is 5.97. The highest BCUT2D eigenvalue weighted by Crippen LogP contribution is 2.19. The highest BCUT2D eigenvalue weighted by Gasteiger charge is 2.35. The molecule has 1 saturated heterocycles. The molecular weight excluding hydrogens is 330 g/mol. The number of likely N-dealkylation sites (tertiary alicyclic amines) is 1. The summed E-state index contributed by atoms with van der Waals surface area (Å²) in [5, 5.41) is 13.0. The lowest BCUT2D eigenvalue weighted by Crippen LogP contribution is -2.52. The number of carbonyl (C=O) groups is 4. The zero-order chi connectivity index (χ0) is 18.8. The van der Waals surface area contributed by atoms with E-state index in [-0.39, 0.29) is 12.5 Å². The molecule has 1 fully saturated rings. The van der Waals surface area contributed by atoms with Crippen LogP contribution in [0.3, 0.4) is 0 Å². The molecule has 0 saturated carbocycles. The van der Waals surface area contributed by atoms with Gasteiger partial charge in [-0.1, -0.05) is 6.42 Å². The van der Waals surface area contributed by atoms with Crippen molar-refractivity contribution in [2.75, 3.05) is 26.2 Å². The van der Waals surface area contributed by atoms with Crippen LogP contribution in [-0.2, 0) is 19.2 Å². The lowest BCUT2D eigenvalue weighted by molar-refractivity contribution is -0.140. The van der Waals surface area contributed by atoms with Gasteiger partial charge in [-0.2, -0.15) is 0 Å². The van der Waals surface area contributed by atoms with Gasteiger partial charge in [0.25, 0.3) is 0 Å². The molecule has 2 atom stereocenters. The Bertz CT molecular complexity index is 499. The summed E-state index contributed by atoms with van der Waals surface area (Å²) in [7, 11) is 0. The lowest BCUT2D eigenvalue weighted by atomic mass is 10.1. The van der Waals surface area contributed by atoms with E-state index in [4.69, 9.17) is 16.6 Å². The molecule has 0 bridgehead atoms. The third kappa shape index (κ3) is 7.06. The third-order valence-electron chi connectivity index (χ3n) is 3.98. The van der Waals surface area contributed by atoms with Gasteiger partial charge in [-0.3, -0.25) is 19.2 Å².